The molecule has 2 nitrogen and oxygen atoms in total. The second kappa shape index (κ2) is 2.77. The largest absolute Gasteiger partial charge is 0.387 e. The first kappa shape index (κ1) is 7.18. The van der Waals surface area contributed by atoms with Crippen LogP contribution >= 0.6 is 0 Å². The van der Waals surface area contributed by atoms with E-state index in [0.29, 0.717) is 0 Å². The summed E-state index contributed by atoms with van der Waals surface area (Å²) in [5, 5.41) is 0. The van der Waals surface area contributed by atoms with Crippen LogP contribution in [0.5, 0.6) is 0 Å². The van der Waals surface area contributed by atoms with Crippen molar-refractivity contribution in [1.29, 1.82) is 0 Å². The van der Waals surface area contributed by atoms with E-state index in [1.54, 1.807) is 10.8 Å². The lowest BCUT2D eigenvalue weighted by molar-refractivity contribution is -0.693. The van der Waals surface area contributed by atoms with Gasteiger partial charge in [0.2, 0.25) is 6.33 Å². The van der Waals surface area contributed by atoms with Gasteiger partial charge >= 0.3 is 6.55 Å². The zero-order chi connectivity index (χ0) is 7.56. The third-order valence-corrected chi connectivity index (χ3v) is 1.30. The lowest BCUT2D eigenvalue weighted by Gasteiger charge is -1.88. The Hall–Kier alpha value is -0.930. The molecule has 0 fully saturated rings. The Balaban J connectivity index is 2.78. The van der Waals surface area contributed by atoms with Gasteiger partial charge in [-0.1, -0.05) is 0 Å². The van der Waals surface area contributed by atoms with Crippen molar-refractivity contribution in [3.8, 4) is 0 Å². The normalized spacial score (nSPS) is 10.8. The average molecular weight is 147 g/mol. The maximum atomic E-state index is 11.9. The summed E-state index contributed by atoms with van der Waals surface area (Å²) in [6, 6.07) is 0. The molecule has 0 N–H and O–H groups in total. The van der Waals surface area contributed by atoms with E-state index in [9.17, 15) is 8.78 Å². The quantitative estimate of drug-likeness (QED) is 0.555. The van der Waals surface area contributed by atoms with Crippen LogP contribution in [0.3, 0.4) is 0 Å². The molecule has 0 bridgehead atoms. The molecule has 56 valence electrons. The van der Waals surface area contributed by atoms with Crippen LogP contribution in [0.4, 0.5) is 8.78 Å². The Morgan fingerprint density at radius 3 is 2.60 bits per heavy atom. The van der Waals surface area contributed by atoms with Gasteiger partial charge in [0.15, 0.2) is 0 Å². The molecule has 0 unspecified atom stereocenters. The van der Waals surface area contributed by atoms with Gasteiger partial charge in [0, 0.05) is 0 Å². The van der Waals surface area contributed by atoms with E-state index in [1.807, 2.05) is 6.92 Å². The van der Waals surface area contributed by atoms with Gasteiger partial charge in [0.05, 0.1) is 6.54 Å². The molecular formula is C6H9F2N2+. The van der Waals surface area contributed by atoms with Crippen LogP contribution in [0.2, 0.25) is 0 Å². The van der Waals surface area contributed by atoms with Crippen molar-refractivity contribution in [2.45, 2.75) is 20.0 Å². The molecule has 0 aliphatic heterocycles. The molecule has 0 saturated carbocycles. The Morgan fingerprint density at radius 1 is 1.60 bits per heavy atom. The zero-order valence-electron chi connectivity index (χ0n) is 5.67. The highest BCUT2D eigenvalue weighted by Gasteiger charge is 2.11. The van der Waals surface area contributed by atoms with Crippen molar-refractivity contribution in [3.63, 3.8) is 0 Å². The smallest absolute Gasteiger partial charge is 0.237 e. The molecule has 0 aromatic carbocycles. The average Bonchev–Trinajstić information content (AvgIpc) is 2.34. The standard InChI is InChI=1S/C6H9F2N2/c1-2-9-3-4-10(5-9)6(7)8/h3-6H,2H2,1H3/q+1. The van der Waals surface area contributed by atoms with Gasteiger partial charge in [0.25, 0.3) is 0 Å². The fraction of sp³-hybridized carbons (Fsp3) is 0.500. The molecule has 0 aliphatic rings. The molecule has 0 saturated heterocycles. The first-order valence-corrected chi connectivity index (χ1v) is 3.08. The summed E-state index contributed by atoms with van der Waals surface area (Å²) >= 11 is 0. The number of aryl methyl sites for hydroxylation is 1. The second-order valence-corrected chi connectivity index (χ2v) is 1.97. The number of halogens is 2. The van der Waals surface area contributed by atoms with Crippen LogP contribution in [-0.4, -0.2) is 4.57 Å². The molecule has 4 heteroatoms. The highest BCUT2D eigenvalue weighted by atomic mass is 19.3. The van der Waals surface area contributed by atoms with Crippen LogP contribution in [0.1, 0.15) is 13.5 Å². The first-order valence-electron chi connectivity index (χ1n) is 3.08. The highest BCUT2D eigenvalue weighted by Crippen LogP contribution is 2.05. The van der Waals surface area contributed by atoms with Gasteiger partial charge in [-0.25, -0.2) is 4.57 Å². The van der Waals surface area contributed by atoms with Crippen LogP contribution in [0.25, 0.3) is 0 Å². The number of rotatable bonds is 2. The van der Waals surface area contributed by atoms with Crippen molar-refractivity contribution in [2.75, 3.05) is 0 Å². The van der Waals surface area contributed by atoms with Crippen LogP contribution in [0, 0.1) is 0 Å². The highest BCUT2D eigenvalue weighted by molar-refractivity contribution is 4.65. The van der Waals surface area contributed by atoms with Gasteiger partial charge in [-0.2, -0.15) is 13.3 Å². The first-order chi connectivity index (χ1) is 4.74. The van der Waals surface area contributed by atoms with Gasteiger partial charge in [-0.15, -0.1) is 0 Å². The van der Waals surface area contributed by atoms with Crippen molar-refractivity contribution in [2.24, 2.45) is 0 Å². The minimum atomic E-state index is -2.42. The summed E-state index contributed by atoms with van der Waals surface area (Å²) in [6.07, 6.45) is 4.35. The molecule has 1 heterocycles. The Morgan fingerprint density at radius 2 is 2.30 bits per heavy atom. The molecule has 0 radical (unpaired) electrons. The van der Waals surface area contributed by atoms with E-state index in [-0.39, 0.29) is 0 Å². The number of hydrogen-bond donors (Lipinski definition) is 0. The number of hydrogen-bond acceptors (Lipinski definition) is 0. The monoisotopic (exact) mass is 147 g/mol. The van der Waals surface area contributed by atoms with E-state index in [4.69, 9.17) is 0 Å². The summed E-state index contributed by atoms with van der Waals surface area (Å²) < 4.78 is 26.3. The Labute approximate surface area is 57.7 Å². The van der Waals surface area contributed by atoms with Crippen LogP contribution < -0.4 is 4.57 Å². The van der Waals surface area contributed by atoms with Gasteiger partial charge in [-0.05, 0) is 6.92 Å². The second-order valence-electron chi connectivity index (χ2n) is 1.97. The maximum Gasteiger partial charge on any atom is 0.387 e. The molecule has 10 heavy (non-hydrogen) atoms. The van der Waals surface area contributed by atoms with Crippen molar-refractivity contribution in [3.05, 3.63) is 18.7 Å². The lowest BCUT2D eigenvalue weighted by atomic mass is 10.7. The minimum absolute atomic E-state index is 0.722. The molecule has 0 atom stereocenters. The number of imidazole rings is 1. The van der Waals surface area contributed by atoms with Crippen LogP contribution in [-0.2, 0) is 6.54 Å². The summed E-state index contributed by atoms with van der Waals surface area (Å²) in [6.45, 7) is 0.197. The third-order valence-electron chi connectivity index (χ3n) is 1.30. The number of aromatic nitrogens is 2. The Kier molecular flexibility index (Phi) is 1.99. The predicted molar refractivity (Wildman–Crippen MR) is 31.6 cm³/mol. The molecule has 1 aromatic rings. The summed E-state index contributed by atoms with van der Waals surface area (Å²) in [7, 11) is 0. The molecule has 0 amide bonds. The third kappa shape index (κ3) is 1.32. The molecule has 1 rings (SSSR count). The SMILES string of the molecule is CC[n+]1ccn(C(F)F)c1. The lowest BCUT2D eigenvalue weighted by Crippen LogP contribution is -2.28. The van der Waals surface area contributed by atoms with Crippen LogP contribution in [0.15, 0.2) is 18.7 Å². The van der Waals surface area contributed by atoms with E-state index in [0.717, 1.165) is 11.1 Å². The molecule has 0 aliphatic carbocycles. The fourth-order valence-electron chi connectivity index (χ4n) is 0.713. The summed E-state index contributed by atoms with van der Waals surface area (Å²) in [4.78, 5) is 0. The predicted octanol–water partition coefficient (Wildman–Crippen LogP) is 1.19. The van der Waals surface area contributed by atoms with E-state index in [1.165, 1.54) is 12.5 Å². The number of alkyl halides is 2. The zero-order valence-corrected chi connectivity index (χ0v) is 5.67. The summed E-state index contributed by atoms with van der Waals surface area (Å²) in [5.41, 5.74) is 0. The number of nitrogens with zero attached hydrogens (tertiary/aromatic N) is 2. The van der Waals surface area contributed by atoms with E-state index >= 15 is 0 Å². The summed E-state index contributed by atoms with van der Waals surface area (Å²) in [5.74, 6) is 0. The maximum absolute atomic E-state index is 11.9. The fourth-order valence-corrected chi connectivity index (χ4v) is 0.713. The Bertz CT molecular complexity index is 207. The van der Waals surface area contributed by atoms with Gasteiger partial charge < -0.3 is 0 Å². The van der Waals surface area contributed by atoms with E-state index < -0.39 is 6.55 Å². The van der Waals surface area contributed by atoms with Crippen molar-refractivity contribution >= 4 is 0 Å². The van der Waals surface area contributed by atoms with Gasteiger partial charge in [0.1, 0.15) is 12.4 Å². The topological polar surface area (TPSA) is 8.81 Å². The molecule has 0 spiro atoms. The van der Waals surface area contributed by atoms with E-state index in [2.05, 4.69) is 0 Å². The van der Waals surface area contributed by atoms with Crippen molar-refractivity contribution < 1.29 is 13.3 Å². The minimum Gasteiger partial charge on any atom is -0.237 e. The van der Waals surface area contributed by atoms with Gasteiger partial charge in [-0.3, -0.25) is 0 Å². The molecular weight excluding hydrogens is 138 g/mol. The molecule has 1 aromatic heterocycles. The van der Waals surface area contributed by atoms with Crippen molar-refractivity contribution in [1.82, 2.24) is 4.57 Å².